The summed E-state index contributed by atoms with van der Waals surface area (Å²) in [5.74, 6) is 1.30. The molecular formula is C14H25ClN4O2S. The minimum Gasteiger partial charge on any atom is -0.340 e. The SMILES string of the molecule is Cl.O=C1N[C@H]2[C@H](CS[C@H]2CCCCC(=O)N2CCNCC2)N1. The van der Waals surface area contributed by atoms with Crippen LogP contribution < -0.4 is 16.0 Å². The zero-order chi connectivity index (χ0) is 14.7. The lowest BCUT2D eigenvalue weighted by atomic mass is 10.0. The molecule has 0 radical (unpaired) electrons. The Morgan fingerprint density at radius 1 is 1.23 bits per heavy atom. The summed E-state index contributed by atoms with van der Waals surface area (Å²) in [4.78, 5) is 25.3. The van der Waals surface area contributed by atoms with E-state index in [1.807, 2.05) is 16.7 Å². The number of carbonyl (C=O) groups is 2. The number of amides is 3. The van der Waals surface area contributed by atoms with E-state index in [1.165, 1.54) is 0 Å². The van der Waals surface area contributed by atoms with Gasteiger partial charge < -0.3 is 20.9 Å². The third-order valence-electron chi connectivity index (χ3n) is 4.54. The summed E-state index contributed by atoms with van der Waals surface area (Å²) < 4.78 is 0. The first-order valence-electron chi connectivity index (χ1n) is 7.91. The zero-order valence-corrected chi connectivity index (χ0v) is 14.3. The molecule has 0 spiro atoms. The third kappa shape index (κ3) is 4.20. The number of urea groups is 1. The molecule has 126 valence electrons. The smallest absolute Gasteiger partial charge is 0.315 e. The number of unbranched alkanes of at least 4 members (excludes halogenated alkanes) is 1. The average molecular weight is 349 g/mol. The first kappa shape index (κ1) is 17.7. The van der Waals surface area contributed by atoms with Gasteiger partial charge in [0.05, 0.1) is 12.1 Å². The molecule has 3 fully saturated rings. The molecule has 3 heterocycles. The van der Waals surface area contributed by atoms with E-state index in [9.17, 15) is 9.59 Å². The van der Waals surface area contributed by atoms with E-state index in [0.29, 0.717) is 23.6 Å². The maximum atomic E-state index is 12.0. The molecule has 0 aromatic heterocycles. The molecule has 0 bridgehead atoms. The van der Waals surface area contributed by atoms with Crippen molar-refractivity contribution in [3.63, 3.8) is 0 Å². The highest BCUT2D eigenvalue weighted by Gasteiger charge is 2.42. The van der Waals surface area contributed by atoms with E-state index < -0.39 is 0 Å². The summed E-state index contributed by atoms with van der Waals surface area (Å²) in [6.45, 7) is 3.53. The van der Waals surface area contributed by atoms with Gasteiger partial charge in [-0.05, 0) is 12.8 Å². The monoisotopic (exact) mass is 348 g/mol. The predicted molar refractivity (Wildman–Crippen MR) is 90.7 cm³/mol. The van der Waals surface area contributed by atoms with Gasteiger partial charge in [0.25, 0.3) is 0 Å². The maximum Gasteiger partial charge on any atom is 0.315 e. The van der Waals surface area contributed by atoms with Crippen LogP contribution in [0.4, 0.5) is 4.79 Å². The molecule has 3 aliphatic heterocycles. The lowest BCUT2D eigenvalue weighted by molar-refractivity contribution is -0.131. The van der Waals surface area contributed by atoms with Gasteiger partial charge in [-0.15, -0.1) is 12.4 Å². The van der Waals surface area contributed by atoms with E-state index in [0.717, 1.165) is 51.2 Å². The van der Waals surface area contributed by atoms with E-state index in [1.54, 1.807) is 0 Å². The fraction of sp³-hybridized carbons (Fsp3) is 0.857. The molecule has 3 aliphatic rings. The van der Waals surface area contributed by atoms with Crippen molar-refractivity contribution in [3.8, 4) is 0 Å². The summed E-state index contributed by atoms with van der Waals surface area (Å²) in [7, 11) is 0. The van der Waals surface area contributed by atoms with Crippen molar-refractivity contribution in [1.29, 1.82) is 0 Å². The van der Waals surface area contributed by atoms with Gasteiger partial charge >= 0.3 is 6.03 Å². The summed E-state index contributed by atoms with van der Waals surface area (Å²) in [6, 6.07) is 0.561. The van der Waals surface area contributed by atoms with Crippen LogP contribution >= 0.6 is 24.2 Å². The van der Waals surface area contributed by atoms with Crippen LogP contribution in [0.5, 0.6) is 0 Å². The number of halogens is 1. The molecule has 0 unspecified atom stereocenters. The fourth-order valence-corrected chi connectivity index (χ4v) is 4.88. The van der Waals surface area contributed by atoms with Gasteiger partial charge in [-0.1, -0.05) is 6.42 Å². The standard InChI is InChI=1S/C14H24N4O2S.ClH/c19-12(18-7-5-15-6-8-18)4-2-1-3-11-13-10(9-21-11)16-14(20)17-13;/h10-11,13,15H,1-9H2,(H2,16,17,20);1H/t10-,11-,13-;/m0./s1. The number of nitrogens with zero attached hydrogens (tertiary/aromatic N) is 1. The van der Waals surface area contributed by atoms with Crippen LogP contribution in [-0.2, 0) is 4.79 Å². The van der Waals surface area contributed by atoms with Gasteiger partial charge in [0, 0.05) is 43.6 Å². The number of rotatable bonds is 5. The highest BCUT2D eigenvalue weighted by atomic mass is 35.5. The summed E-state index contributed by atoms with van der Waals surface area (Å²) in [5.41, 5.74) is 0. The van der Waals surface area contributed by atoms with Crippen LogP contribution in [0.2, 0.25) is 0 Å². The Kier molecular flexibility index (Phi) is 6.65. The molecule has 0 aromatic rings. The lowest BCUT2D eigenvalue weighted by Crippen LogP contribution is -2.46. The van der Waals surface area contributed by atoms with Crippen molar-refractivity contribution >= 4 is 36.1 Å². The van der Waals surface area contributed by atoms with E-state index in [-0.39, 0.29) is 24.5 Å². The molecule has 3 amide bonds. The highest BCUT2D eigenvalue weighted by Crippen LogP contribution is 2.33. The van der Waals surface area contributed by atoms with Gasteiger partial charge in [-0.2, -0.15) is 11.8 Å². The molecule has 0 saturated carbocycles. The first-order valence-corrected chi connectivity index (χ1v) is 8.96. The number of hydrogen-bond acceptors (Lipinski definition) is 4. The number of hydrogen-bond donors (Lipinski definition) is 3. The fourth-order valence-electron chi connectivity index (χ4n) is 3.34. The molecule has 0 aliphatic carbocycles. The van der Waals surface area contributed by atoms with E-state index in [4.69, 9.17) is 0 Å². The number of nitrogens with one attached hydrogen (secondary N) is 3. The molecule has 3 saturated heterocycles. The number of piperazine rings is 1. The van der Waals surface area contributed by atoms with Crippen LogP contribution in [0.25, 0.3) is 0 Å². The van der Waals surface area contributed by atoms with Crippen LogP contribution in [0.15, 0.2) is 0 Å². The second-order valence-corrected chi connectivity index (χ2v) is 7.27. The number of carbonyl (C=O) groups excluding carboxylic acids is 2. The average Bonchev–Trinajstić information content (AvgIpc) is 3.04. The Bertz CT molecular complexity index is 406. The Labute approximate surface area is 141 Å². The number of thioether (sulfide) groups is 1. The molecule has 3 atom stereocenters. The highest BCUT2D eigenvalue weighted by molar-refractivity contribution is 8.00. The molecule has 3 N–H and O–H groups in total. The lowest BCUT2D eigenvalue weighted by Gasteiger charge is -2.27. The third-order valence-corrected chi connectivity index (χ3v) is 6.05. The predicted octanol–water partition coefficient (Wildman–Crippen LogP) is 0.566. The first-order chi connectivity index (χ1) is 10.2. The van der Waals surface area contributed by atoms with Crippen molar-refractivity contribution in [1.82, 2.24) is 20.9 Å². The molecule has 6 nitrogen and oxygen atoms in total. The van der Waals surface area contributed by atoms with Crippen molar-refractivity contribution in [2.24, 2.45) is 0 Å². The Hall–Kier alpha value is -0.660. The summed E-state index contributed by atoms with van der Waals surface area (Å²) in [6.07, 6.45) is 3.77. The van der Waals surface area contributed by atoms with Crippen LogP contribution in [0, 0.1) is 0 Å². The van der Waals surface area contributed by atoms with Crippen molar-refractivity contribution in [2.45, 2.75) is 43.0 Å². The van der Waals surface area contributed by atoms with Crippen LogP contribution in [-0.4, -0.2) is 66.1 Å². The Morgan fingerprint density at radius 2 is 2.00 bits per heavy atom. The van der Waals surface area contributed by atoms with E-state index in [2.05, 4.69) is 16.0 Å². The van der Waals surface area contributed by atoms with E-state index >= 15 is 0 Å². The second-order valence-electron chi connectivity index (χ2n) is 6.00. The minimum atomic E-state index is -0.0239. The molecule has 3 rings (SSSR count). The van der Waals surface area contributed by atoms with Gasteiger partial charge in [0.2, 0.25) is 5.91 Å². The number of fused-ring (bicyclic) bond motifs is 1. The molecular weight excluding hydrogens is 324 g/mol. The normalized spacial score (nSPS) is 30.3. The molecule has 0 aromatic carbocycles. The quantitative estimate of drug-likeness (QED) is 0.501. The largest absolute Gasteiger partial charge is 0.340 e. The summed E-state index contributed by atoms with van der Waals surface area (Å²) >= 11 is 1.94. The van der Waals surface area contributed by atoms with Gasteiger partial charge in [-0.3, -0.25) is 4.79 Å². The molecule has 22 heavy (non-hydrogen) atoms. The van der Waals surface area contributed by atoms with Gasteiger partial charge in [-0.25, -0.2) is 4.79 Å². The zero-order valence-electron chi connectivity index (χ0n) is 12.7. The van der Waals surface area contributed by atoms with Crippen molar-refractivity contribution in [2.75, 3.05) is 31.9 Å². The van der Waals surface area contributed by atoms with Crippen molar-refractivity contribution < 1.29 is 9.59 Å². The second kappa shape index (κ2) is 8.26. The maximum absolute atomic E-state index is 12.0. The minimum absolute atomic E-state index is 0. The Balaban J connectivity index is 0.00000176. The van der Waals surface area contributed by atoms with Crippen LogP contribution in [0.1, 0.15) is 25.7 Å². The molecule has 8 heteroatoms. The summed E-state index contributed by atoms with van der Waals surface area (Å²) in [5, 5.41) is 9.74. The topological polar surface area (TPSA) is 73.5 Å². The van der Waals surface area contributed by atoms with Gasteiger partial charge in [0.15, 0.2) is 0 Å². The Morgan fingerprint density at radius 3 is 2.77 bits per heavy atom. The van der Waals surface area contributed by atoms with Crippen molar-refractivity contribution in [3.05, 3.63) is 0 Å². The van der Waals surface area contributed by atoms with Crippen LogP contribution in [0.3, 0.4) is 0 Å². The van der Waals surface area contributed by atoms with Gasteiger partial charge in [0.1, 0.15) is 0 Å².